The Bertz CT molecular complexity index is 911. The minimum Gasteiger partial charge on any atom is -0.459 e. The molecular weight excluding hydrogens is 334 g/mol. The van der Waals surface area contributed by atoms with Crippen molar-refractivity contribution in [1.29, 1.82) is 0 Å². The van der Waals surface area contributed by atoms with Gasteiger partial charge in [-0.05, 0) is 23.6 Å². The third kappa shape index (κ3) is 2.47. The van der Waals surface area contributed by atoms with Crippen LogP contribution in [0.25, 0.3) is 22.4 Å². The molecule has 4 heterocycles. The highest BCUT2D eigenvalue weighted by molar-refractivity contribution is 7.80. The van der Waals surface area contributed by atoms with Crippen molar-refractivity contribution in [3.05, 3.63) is 47.6 Å². The summed E-state index contributed by atoms with van der Waals surface area (Å²) in [5.74, 6) is 2.66. The van der Waals surface area contributed by atoms with Crippen LogP contribution in [-0.4, -0.2) is 24.9 Å². The summed E-state index contributed by atoms with van der Waals surface area (Å²) in [5, 5.41) is 14.0. The highest BCUT2D eigenvalue weighted by Gasteiger charge is 2.24. The predicted molar refractivity (Wildman–Crippen MR) is 87.1 cm³/mol. The first-order valence-corrected chi connectivity index (χ1v) is 8.12. The van der Waals surface area contributed by atoms with Crippen LogP contribution < -0.4 is 0 Å². The zero-order chi connectivity index (χ0) is 15.8. The van der Waals surface area contributed by atoms with Crippen molar-refractivity contribution >= 4 is 24.0 Å². The molecule has 9 heteroatoms. The van der Waals surface area contributed by atoms with E-state index in [1.54, 1.807) is 29.7 Å². The molecule has 4 aromatic heterocycles. The summed E-state index contributed by atoms with van der Waals surface area (Å²) in [6.45, 7) is 0. The molecule has 0 spiro atoms. The van der Waals surface area contributed by atoms with Crippen LogP contribution in [0.2, 0.25) is 0 Å². The van der Waals surface area contributed by atoms with E-state index in [1.165, 1.54) is 0 Å². The minimum absolute atomic E-state index is 0.310. The summed E-state index contributed by atoms with van der Waals surface area (Å²) < 4.78 is 12.3. The SMILES string of the molecule is Cn1c(-c2cccs2)nnc1C(S)c1noc(-c2ccco2)n1. The number of thiophene rings is 1. The first kappa shape index (κ1) is 14.2. The molecule has 7 nitrogen and oxygen atoms in total. The fourth-order valence-corrected chi connectivity index (χ4v) is 3.24. The van der Waals surface area contributed by atoms with Crippen LogP contribution in [-0.2, 0) is 7.05 Å². The van der Waals surface area contributed by atoms with Gasteiger partial charge in [0.2, 0.25) is 0 Å². The lowest BCUT2D eigenvalue weighted by Gasteiger charge is -2.06. The standard InChI is InChI=1S/C14H11N5O2S2/c1-19-12(9-5-3-7-23-9)16-17-13(19)10(22)11-15-14(21-18-11)8-4-2-6-20-8/h2-7,10,22H,1H3. The molecule has 0 aliphatic carbocycles. The van der Waals surface area contributed by atoms with E-state index in [0.717, 1.165) is 10.7 Å². The van der Waals surface area contributed by atoms with Crippen LogP contribution in [0, 0.1) is 0 Å². The molecule has 1 unspecified atom stereocenters. The van der Waals surface area contributed by atoms with Gasteiger partial charge in [0.15, 0.2) is 23.2 Å². The lowest BCUT2D eigenvalue weighted by molar-refractivity contribution is 0.409. The Morgan fingerprint density at radius 1 is 1.26 bits per heavy atom. The molecule has 0 fully saturated rings. The van der Waals surface area contributed by atoms with E-state index in [1.807, 2.05) is 29.1 Å². The summed E-state index contributed by atoms with van der Waals surface area (Å²) in [6.07, 6.45) is 1.55. The zero-order valence-electron chi connectivity index (χ0n) is 11.9. The van der Waals surface area contributed by atoms with Gasteiger partial charge >= 0.3 is 0 Å². The molecule has 0 amide bonds. The maximum atomic E-state index is 5.24. The van der Waals surface area contributed by atoms with Gasteiger partial charge in [-0.25, -0.2) is 0 Å². The molecule has 116 valence electrons. The lowest BCUT2D eigenvalue weighted by atomic mass is 10.3. The maximum Gasteiger partial charge on any atom is 0.293 e. The molecule has 0 aliphatic heterocycles. The first-order chi connectivity index (χ1) is 11.2. The number of hydrogen-bond donors (Lipinski definition) is 1. The molecule has 0 aromatic carbocycles. The molecule has 0 radical (unpaired) electrons. The van der Waals surface area contributed by atoms with E-state index < -0.39 is 5.25 Å². The van der Waals surface area contributed by atoms with Gasteiger partial charge in [-0.3, -0.25) is 0 Å². The van der Waals surface area contributed by atoms with E-state index >= 15 is 0 Å². The highest BCUT2D eigenvalue weighted by atomic mass is 32.1. The van der Waals surface area contributed by atoms with Crippen LogP contribution >= 0.6 is 24.0 Å². The molecule has 23 heavy (non-hydrogen) atoms. The molecule has 0 saturated heterocycles. The molecule has 4 rings (SSSR count). The van der Waals surface area contributed by atoms with Crippen LogP contribution in [0.3, 0.4) is 0 Å². The number of thiol groups is 1. The van der Waals surface area contributed by atoms with Gasteiger partial charge in [-0.15, -0.1) is 21.5 Å². The number of rotatable bonds is 4. The van der Waals surface area contributed by atoms with Gasteiger partial charge in [-0.1, -0.05) is 11.2 Å². The Labute approximate surface area is 140 Å². The summed E-state index contributed by atoms with van der Waals surface area (Å²) in [6, 6.07) is 7.48. The zero-order valence-corrected chi connectivity index (χ0v) is 13.7. The van der Waals surface area contributed by atoms with Crippen molar-refractivity contribution in [2.75, 3.05) is 0 Å². The normalized spacial score (nSPS) is 12.6. The van der Waals surface area contributed by atoms with Crippen LogP contribution in [0.1, 0.15) is 16.9 Å². The molecule has 0 N–H and O–H groups in total. The van der Waals surface area contributed by atoms with Crippen molar-refractivity contribution in [2.45, 2.75) is 5.25 Å². The maximum absolute atomic E-state index is 5.24. The number of aromatic nitrogens is 5. The molecule has 4 aromatic rings. The Hall–Kier alpha value is -2.39. The van der Waals surface area contributed by atoms with Gasteiger partial charge in [0, 0.05) is 7.05 Å². The predicted octanol–water partition coefficient (Wildman–Crippen LogP) is 3.21. The van der Waals surface area contributed by atoms with Crippen molar-refractivity contribution in [2.24, 2.45) is 7.05 Å². The van der Waals surface area contributed by atoms with Gasteiger partial charge < -0.3 is 13.5 Å². The Kier molecular flexibility index (Phi) is 3.50. The number of hydrogen-bond acceptors (Lipinski definition) is 8. The van der Waals surface area contributed by atoms with Crippen molar-refractivity contribution in [1.82, 2.24) is 24.9 Å². The van der Waals surface area contributed by atoms with Crippen molar-refractivity contribution < 1.29 is 8.94 Å². The summed E-state index contributed by atoms with van der Waals surface area (Å²) in [5.41, 5.74) is 0. The third-order valence-electron chi connectivity index (χ3n) is 3.31. The molecular formula is C14H11N5O2S2. The van der Waals surface area contributed by atoms with Gasteiger partial charge in [0.1, 0.15) is 5.25 Å². The molecule has 0 bridgehead atoms. The van der Waals surface area contributed by atoms with Crippen LogP contribution in [0.4, 0.5) is 0 Å². The van der Waals surface area contributed by atoms with Gasteiger partial charge in [-0.2, -0.15) is 17.6 Å². The number of furan rings is 1. The van der Waals surface area contributed by atoms with Gasteiger partial charge in [0.25, 0.3) is 5.89 Å². The Morgan fingerprint density at radius 2 is 2.17 bits per heavy atom. The smallest absolute Gasteiger partial charge is 0.293 e. The van der Waals surface area contributed by atoms with E-state index in [-0.39, 0.29) is 0 Å². The largest absolute Gasteiger partial charge is 0.459 e. The lowest BCUT2D eigenvalue weighted by Crippen LogP contribution is -2.05. The summed E-state index contributed by atoms with van der Waals surface area (Å²) in [4.78, 5) is 5.35. The summed E-state index contributed by atoms with van der Waals surface area (Å²) >= 11 is 6.17. The van der Waals surface area contributed by atoms with Crippen molar-refractivity contribution in [3.63, 3.8) is 0 Å². The van der Waals surface area contributed by atoms with Crippen LogP contribution in [0.5, 0.6) is 0 Å². The highest BCUT2D eigenvalue weighted by Crippen LogP contribution is 2.30. The number of nitrogens with zero attached hydrogens (tertiary/aromatic N) is 5. The fourth-order valence-electron chi connectivity index (χ4n) is 2.16. The first-order valence-electron chi connectivity index (χ1n) is 6.73. The monoisotopic (exact) mass is 345 g/mol. The average molecular weight is 345 g/mol. The topological polar surface area (TPSA) is 82.8 Å². The van der Waals surface area contributed by atoms with E-state index in [2.05, 4.69) is 33.0 Å². The summed E-state index contributed by atoms with van der Waals surface area (Å²) in [7, 11) is 1.89. The molecule has 1 atom stereocenters. The quantitative estimate of drug-likeness (QED) is 0.572. The molecule has 0 saturated carbocycles. The minimum atomic E-state index is -0.450. The second-order valence-corrected chi connectivity index (χ2v) is 6.22. The second-order valence-electron chi connectivity index (χ2n) is 4.76. The van der Waals surface area contributed by atoms with Gasteiger partial charge in [0.05, 0.1) is 11.1 Å². The van der Waals surface area contributed by atoms with Crippen molar-refractivity contribution in [3.8, 4) is 22.4 Å². The Balaban J connectivity index is 1.66. The van der Waals surface area contributed by atoms with E-state index in [4.69, 9.17) is 8.94 Å². The van der Waals surface area contributed by atoms with Crippen LogP contribution in [0.15, 0.2) is 44.8 Å². The molecule has 0 aliphatic rings. The van der Waals surface area contributed by atoms with E-state index in [9.17, 15) is 0 Å². The van der Waals surface area contributed by atoms with E-state index in [0.29, 0.717) is 23.3 Å². The second kappa shape index (κ2) is 5.67. The third-order valence-corrected chi connectivity index (χ3v) is 4.64. The Morgan fingerprint density at radius 3 is 2.91 bits per heavy atom. The average Bonchev–Trinajstić information content (AvgIpc) is 3.32. The fraction of sp³-hybridized carbons (Fsp3) is 0.143.